The maximum Gasteiger partial charge on any atom is 0.245 e. The molecule has 0 aliphatic carbocycles. The minimum Gasteiger partial charge on any atom is -0.493 e. The van der Waals surface area contributed by atoms with Gasteiger partial charge in [0.25, 0.3) is 0 Å². The van der Waals surface area contributed by atoms with Gasteiger partial charge in [-0.25, -0.2) is 0 Å². The molecule has 0 bridgehead atoms. The van der Waals surface area contributed by atoms with E-state index in [1.165, 1.54) is 11.1 Å². The average Bonchev–Trinajstić information content (AvgIpc) is 3.24. The zero-order valence-corrected chi connectivity index (χ0v) is 15.3. The molecule has 27 heavy (non-hydrogen) atoms. The first-order chi connectivity index (χ1) is 13.3. The van der Waals surface area contributed by atoms with E-state index in [0.717, 1.165) is 42.6 Å². The third kappa shape index (κ3) is 3.64. The van der Waals surface area contributed by atoms with E-state index in [1.54, 1.807) is 26.7 Å². The van der Waals surface area contributed by atoms with Crippen molar-refractivity contribution in [2.75, 3.05) is 31.0 Å². The zero-order chi connectivity index (χ0) is 18.6. The molecule has 8 nitrogen and oxygen atoms in total. The summed E-state index contributed by atoms with van der Waals surface area (Å²) in [7, 11) is 3.30. The van der Waals surface area contributed by atoms with Crippen LogP contribution in [0.25, 0.3) is 0 Å². The number of methoxy groups -OCH3 is 2. The molecular weight excluding hydrogens is 346 g/mol. The Morgan fingerprint density at radius 2 is 2.00 bits per heavy atom. The van der Waals surface area contributed by atoms with Crippen LogP contribution >= 0.6 is 0 Å². The largest absolute Gasteiger partial charge is 0.493 e. The standard InChI is InChI=1S/C19H21N5O3/c1-25-16-8-13-5-6-24(12-14(13)9-17(16)26-2)18-11-21-23-19(22-18)20-10-15-4-3-7-27-15/h3-4,7-9,11H,5-6,10,12H2,1-2H3,(H,20,22,23). The molecule has 0 atom stereocenters. The molecular formula is C19H21N5O3. The number of benzene rings is 1. The van der Waals surface area contributed by atoms with E-state index in [1.807, 2.05) is 18.2 Å². The predicted molar refractivity (Wildman–Crippen MR) is 100 cm³/mol. The van der Waals surface area contributed by atoms with Crippen molar-refractivity contribution in [2.45, 2.75) is 19.5 Å². The highest BCUT2D eigenvalue weighted by Gasteiger charge is 2.21. The van der Waals surface area contributed by atoms with Crippen molar-refractivity contribution in [3.05, 3.63) is 53.6 Å². The van der Waals surface area contributed by atoms with Crippen LogP contribution in [-0.2, 0) is 19.5 Å². The highest BCUT2D eigenvalue weighted by Crippen LogP contribution is 2.34. The number of hydrogen-bond donors (Lipinski definition) is 1. The second-order valence-electron chi connectivity index (χ2n) is 6.22. The van der Waals surface area contributed by atoms with Crippen LogP contribution in [0.4, 0.5) is 11.8 Å². The first-order valence-electron chi connectivity index (χ1n) is 8.71. The van der Waals surface area contributed by atoms with Crippen molar-refractivity contribution < 1.29 is 13.9 Å². The second-order valence-corrected chi connectivity index (χ2v) is 6.22. The first-order valence-corrected chi connectivity index (χ1v) is 8.71. The number of fused-ring (bicyclic) bond motifs is 1. The molecule has 4 rings (SSSR count). The van der Waals surface area contributed by atoms with Crippen LogP contribution in [0.3, 0.4) is 0 Å². The van der Waals surface area contributed by atoms with Gasteiger partial charge in [-0.2, -0.15) is 10.1 Å². The van der Waals surface area contributed by atoms with Crippen LogP contribution in [0.15, 0.2) is 41.1 Å². The Labute approximate surface area is 157 Å². The van der Waals surface area contributed by atoms with Gasteiger partial charge in [0.2, 0.25) is 5.95 Å². The van der Waals surface area contributed by atoms with E-state index in [4.69, 9.17) is 13.9 Å². The summed E-state index contributed by atoms with van der Waals surface area (Å²) in [6, 6.07) is 7.83. The summed E-state index contributed by atoms with van der Waals surface area (Å²) >= 11 is 0. The van der Waals surface area contributed by atoms with E-state index >= 15 is 0 Å². The lowest BCUT2D eigenvalue weighted by atomic mass is 9.99. The van der Waals surface area contributed by atoms with Gasteiger partial charge in [-0.05, 0) is 41.8 Å². The number of anilines is 2. The summed E-state index contributed by atoms with van der Waals surface area (Å²) in [6.07, 6.45) is 4.22. The van der Waals surface area contributed by atoms with Crippen molar-refractivity contribution in [2.24, 2.45) is 0 Å². The quantitative estimate of drug-likeness (QED) is 0.712. The van der Waals surface area contributed by atoms with Crippen LogP contribution < -0.4 is 19.7 Å². The molecule has 1 N–H and O–H groups in total. The Bertz CT molecular complexity index is 914. The van der Waals surface area contributed by atoms with Gasteiger partial charge in [0.05, 0.1) is 33.2 Å². The molecule has 140 valence electrons. The fourth-order valence-corrected chi connectivity index (χ4v) is 3.18. The fraction of sp³-hybridized carbons (Fsp3) is 0.316. The van der Waals surface area contributed by atoms with Gasteiger partial charge < -0.3 is 24.1 Å². The van der Waals surface area contributed by atoms with Crippen LogP contribution in [-0.4, -0.2) is 35.9 Å². The summed E-state index contributed by atoms with van der Waals surface area (Å²) in [5.74, 6) is 3.57. The molecule has 0 spiro atoms. The Kier molecular flexibility index (Phi) is 4.78. The number of nitrogens with one attached hydrogen (secondary N) is 1. The number of nitrogens with zero attached hydrogens (tertiary/aromatic N) is 4. The molecule has 3 heterocycles. The lowest BCUT2D eigenvalue weighted by Crippen LogP contribution is -2.31. The zero-order valence-electron chi connectivity index (χ0n) is 15.3. The van der Waals surface area contributed by atoms with Crippen LogP contribution in [0, 0.1) is 0 Å². The molecule has 2 aromatic heterocycles. The van der Waals surface area contributed by atoms with E-state index in [0.29, 0.717) is 12.5 Å². The van der Waals surface area contributed by atoms with E-state index in [-0.39, 0.29) is 0 Å². The van der Waals surface area contributed by atoms with Gasteiger partial charge in [0.1, 0.15) is 5.76 Å². The summed E-state index contributed by atoms with van der Waals surface area (Å²) in [5.41, 5.74) is 2.46. The third-order valence-electron chi connectivity index (χ3n) is 4.59. The Morgan fingerprint density at radius 1 is 1.19 bits per heavy atom. The second kappa shape index (κ2) is 7.53. The SMILES string of the molecule is COc1cc2c(cc1OC)CN(c1cnnc(NCc3ccco3)n1)CC2. The van der Waals surface area contributed by atoms with Gasteiger partial charge in [-0.1, -0.05) is 0 Å². The van der Waals surface area contributed by atoms with Gasteiger partial charge >= 0.3 is 0 Å². The smallest absolute Gasteiger partial charge is 0.245 e. The lowest BCUT2D eigenvalue weighted by molar-refractivity contribution is 0.353. The molecule has 0 unspecified atom stereocenters. The van der Waals surface area contributed by atoms with Gasteiger partial charge in [0.15, 0.2) is 17.3 Å². The van der Waals surface area contributed by atoms with E-state index in [9.17, 15) is 0 Å². The van der Waals surface area contributed by atoms with Crippen LogP contribution in [0.1, 0.15) is 16.9 Å². The van der Waals surface area contributed by atoms with Gasteiger partial charge in [-0.15, -0.1) is 5.10 Å². The van der Waals surface area contributed by atoms with Crippen LogP contribution in [0.2, 0.25) is 0 Å². The average molecular weight is 367 g/mol. The molecule has 1 aliphatic heterocycles. The highest BCUT2D eigenvalue weighted by atomic mass is 16.5. The minimum absolute atomic E-state index is 0.474. The molecule has 8 heteroatoms. The summed E-state index contributed by atoms with van der Waals surface area (Å²) in [6.45, 7) is 2.09. The third-order valence-corrected chi connectivity index (χ3v) is 4.59. The van der Waals surface area contributed by atoms with Crippen molar-refractivity contribution in [3.63, 3.8) is 0 Å². The fourth-order valence-electron chi connectivity index (χ4n) is 3.18. The van der Waals surface area contributed by atoms with Crippen LogP contribution in [0.5, 0.6) is 11.5 Å². The number of aromatic nitrogens is 3. The maximum atomic E-state index is 5.43. The number of furan rings is 1. The summed E-state index contributed by atoms with van der Waals surface area (Å²) < 4.78 is 16.1. The molecule has 0 saturated carbocycles. The van der Waals surface area contributed by atoms with Gasteiger partial charge in [0, 0.05) is 13.1 Å². The molecule has 0 radical (unpaired) electrons. The maximum absolute atomic E-state index is 5.43. The molecule has 0 amide bonds. The Morgan fingerprint density at radius 3 is 2.74 bits per heavy atom. The molecule has 1 aliphatic rings. The number of hydrogen-bond acceptors (Lipinski definition) is 8. The number of rotatable bonds is 6. The monoisotopic (exact) mass is 367 g/mol. The van der Waals surface area contributed by atoms with E-state index < -0.39 is 0 Å². The van der Waals surface area contributed by atoms with Gasteiger partial charge in [-0.3, -0.25) is 0 Å². The van der Waals surface area contributed by atoms with Crippen molar-refractivity contribution in [1.29, 1.82) is 0 Å². The van der Waals surface area contributed by atoms with Crippen molar-refractivity contribution >= 4 is 11.8 Å². The van der Waals surface area contributed by atoms with Crippen molar-refractivity contribution in [3.8, 4) is 11.5 Å². The van der Waals surface area contributed by atoms with Crippen molar-refractivity contribution in [1.82, 2.24) is 15.2 Å². The topological polar surface area (TPSA) is 85.5 Å². The molecule has 1 aromatic carbocycles. The predicted octanol–water partition coefficient (Wildman–Crippen LogP) is 2.66. The normalized spacial score (nSPS) is 13.2. The number of ether oxygens (including phenoxy) is 2. The molecule has 0 saturated heterocycles. The summed E-state index contributed by atoms with van der Waals surface area (Å²) in [4.78, 5) is 6.77. The molecule has 3 aromatic rings. The molecule has 0 fully saturated rings. The summed E-state index contributed by atoms with van der Waals surface area (Å²) in [5, 5.41) is 11.3. The first kappa shape index (κ1) is 17.1. The highest BCUT2D eigenvalue weighted by molar-refractivity contribution is 5.52. The Hall–Kier alpha value is -3.29. The Balaban J connectivity index is 1.51. The lowest BCUT2D eigenvalue weighted by Gasteiger charge is -2.30. The minimum atomic E-state index is 0.474. The van der Waals surface area contributed by atoms with E-state index in [2.05, 4.69) is 31.5 Å².